The molecule has 1 aromatic heterocycles. The van der Waals surface area contributed by atoms with Crippen molar-refractivity contribution >= 4 is 21.6 Å². The number of para-hydroxylation sites is 1. The van der Waals surface area contributed by atoms with Gasteiger partial charge in [-0.1, -0.05) is 24.3 Å². The summed E-state index contributed by atoms with van der Waals surface area (Å²) in [6.45, 7) is 0.309. The highest BCUT2D eigenvalue weighted by atomic mass is 32.2. The van der Waals surface area contributed by atoms with Crippen molar-refractivity contribution in [2.75, 3.05) is 16.6 Å². The van der Waals surface area contributed by atoms with Gasteiger partial charge < -0.3 is 10.4 Å². The van der Waals surface area contributed by atoms with Gasteiger partial charge in [0.1, 0.15) is 11.6 Å². The Morgan fingerprint density at radius 3 is 2.56 bits per heavy atom. The van der Waals surface area contributed by atoms with Crippen LogP contribution in [-0.4, -0.2) is 41.3 Å². The summed E-state index contributed by atoms with van der Waals surface area (Å²) in [4.78, 5) is 29.8. The van der Waals surface area contributed by atoms with Gasteiger partial charge in [-0.3, -0.25) is 18.5 Å². The lowest BCUT2D eigenvalue weighted by molar-refractivity contribution is 0.0942. The number of amides is 1. The molecule has 3 aromatic rings. The van der Waals surface area contributed by atoms with Gasteiger partial charge in [0.25, 0.3) is 11.5 Å². The Bertz CT molecular complexity index is 1400. The molecule has 4 rings (SSSR count). The summed E-state index contributed by atoms with van der Waals surface area (Å²) < 4.78 is 40.9. The van der Waals surface area contributed by atoms with Crippen LogP contribution in [0.4, 0.5) is 10.1 Å². The summed E-state index contributed by atoms with van der Waals surface area (Å²) in [5.74, 6) is -2.00. The maximum absolute atomic E-state index is 13.1. The van der Waals surface area contributed by atoms with E-state index in [-0.39, 0.29) is 24.7 Å². The highest BCUT2D eigenvalue weighted by Crippen LogP contribution is 2.33. The van der Waals surface area contributed by atoms with Crippen LogP contribution < -0.4 is 15.2 Å². The van der Waals surface area contributed by atoms with E-state index in [9.17, 15) is 27.5 Å². The third kappa shape index (κ3) is 4.51. The van der Waals surface area contributed by atoms with Gasteiger partial charge in [0.2, 0.25) is 15.8 Å². The van der Waals surface area contributed by atoms with E-state index in [1.165, 1.54) is 35.6 Å². The van der Waals surface area contributed by atoms with E-state index in [1.807, 2.05) is 0 Å². The Morgan fingerprint density at radius 1 is 1.15 bits per heavy atom. The number of halogens is 1. The van der Waals surface area contributed by atoms with Crippen molar-refractivity contribution < 1.29 is 22.7 Å². The average molecular weight is 487 g/mol. The van der Waals surface area contributed by atoms with Crippen molar-refractivity contribution in [3.05, 3.63) is 76.0 Å². The average Bonchev–Trinajstić information content (AvgIpc) is 2.82. The molecule has 0 aliphatic carbocycles. The Balaban J connectivity index is 1.74. The molecule has 2 aromatic carbocycles. The molecule has 0 radical (unpaired) electrons. The highest BCUT2D eigenvalue weighted by Gasteiger charge is 2.29. The van der Waals surface area contributed by atoms with Gasteiger partial charge in [0.15, 0.2) is 5.69 Å². The molecule has 1 aliphatic heterocycles. The minimum absolute atomic E-state index is 0.0142. The van der Waals surface area contributed by atoms with Gasteiger partial charge in [-0.2, -0.15) is 0 Å². The fraction of sp³-hybridized carbons (Fsp3) is 0.261. The number of nitrogens with one attached hydrogen (secondary N) is 1. The van der Waals surface area contributed by atoms with Crippen molar-refractivity contribution in [1.29, 1.82) is 0 Å². The molecular formula is C23H23FN4O5S. The van der Waals surface area contributed by atoms with E-state index in [0.29, 0.717) is 29.7 Å². The third-order valence-corrected chi connectivity index (χ3v) is 7.47. The molecule has 2 N–H and O–H groups in total. The second-order valence-electron chi connectivity index (χ2n) is 7.92. The van der Waals surface area contributed by atoms with Crippen LogP contribution in [0.2, 0.25) is 0 Å². The summed E-state index contributed by atoms with van der Waals surface area (Å²) in [5, 5.41) is 12.9. The van der Waals surface area contributed by atoms with Crippen LogP contribution in [0.25, 0.3) is 11.4 Å². The summed E-state index contributed by atoms with van der Waals surface area (Å²) in [7, 11) is -2.16. The Kier molecular flexibility index (Phi) is 6.38. The first-order valence-corrected chi connectivity index (χ1v) is 12.2. The Labute approximate surface area is 195 Å². The molecule has 34 heavy (non-hydrogen) atoms. The SMILES string of the molecule is Cn1c(-c2ccccc2N2CCCCS2(=O)=O)nc(C(=O)NCc2ccc(F)cc2)c(O)c1=O. The van der Waals surface area contributed by atoms with Gasteiger partial charge in [-0.15, -0.1) is 0 Å². The van der Waals surface area contributed by atoms with Gasteiger partial charge >= 0.3 is 0 Å². The summed E-state index contributed by atoms with van der Waals surface area (Å²) >= 11 is 0. The number of aromatic hydroxyl groups is 1. The number of carbonyl (C=O) groups excluding carboxylic acids is 1. The Morgan fingerprint density at radius 2 is 1.85 bits per heavy atom. The molecule has 0 spiro atoms. The molecule has 1 aliphatic rings. The van der Waals surface area contributed by atoms with Crippen LogP contribution in [0.15, 0.2) is 53.3 Å². The largest absolute Gasteiger partial charge is 0.501 e. The fourth-order valence-corrected chi connectivity index (χ4v) is 5.45. The number of aromatic nitrogens is 2. The Hall–Kier alpha value is -3.73. The van der Waals surface area contributed by atoms with E-state index in [1.54, 1.807) is 24.3 Å². The molecule has 1 saturated heterocycles. The lowest BCUT2D eigenvalue weighted by Gasteiger charge is -2.30. The lowest BCUT2D eigenvalue weighted by Crippen LogP contribution is -2.38. The van der Waals surface area contributed by atoms with Gasteiger partial charge in [0, 0.05) is 25.7 Å². The predicted octanol–water partition coefficient (Wildman–Crippen LogP) is 2.15. The molecule has 0 saturated carbocycles. The van der Waals surface area contributed by atoms with Crippen LogP contribution in [0.1, 0.15) is 28.9 Å². The topological polar surface area (TPSA) is 122 Å². The zero-order chi connectivity index (χ0) is 24.5. The normalized spacial score (nSPS) is 15.2. The van der Waals surface area contributed by atoms with Gasteiger partial charge in [0.05, 0.1) is 11.4 Å². The first-order chi connectivity index (χ1) is 16.2. The predicted molar refractivity (Wildman–Crippen MR) is 125 cm³/mol. The minimum atomic E-state index is -3.54. The van der Waals surface area contributed by atoms with Crippen LogP contribution in [0.3, 0.4) is 0 Å². The molecule has 0 bridgehead atoms. The lowest BCUT2D eigenvalue weighted by atomic mass is 10.1. The van der Waals surface area contributed by atoms with Crippen LogP contribution in [0.5, 0.6) is 5.75 Å². The highest BCUT2D eigenvalue weighted by molar-refractivity contribution is 7.92. The second-order valence-corrected chi connectivity index (χ2v) is 9.93. The van der Waals surface area contributed by atoms with E-state index in [2.05, 4.69) is 10.3 Å². The van der Waals surface area contributed by atoms with E-state index in [4.69, 9.17) is 0 Å². The molecule has 178 valence electrons. The first kappa shape index (κ1) is 23.4. The molecule has 1 amide bonds. The van der Waals surface area contributed by atoms with Crippen LogP contribution >= 0.6 is 0 Å². The number of anilines is 1. The monoisotopic (exact) mass is 486 g/mol. The second kappa shape index (κ2) is 9.26. The number of nitrogens with zero attached hydrogens (tertiary/aromatic N) is 3. The van der Waals surface area contributed by atoms with Gasteiger partial charge in [-0.05, 0) is 42.7 Å². The standard InChI is InChI=1S/C23H23FN4O5S/c1-27-21(17-6-2-3-7-18(17)28-12-4-5-13-34(28,32)33)26-19(20(29)23(27)31)22(30)25-14-15-8-10-16(24)11-9-15/h2-3,6-11,29H,4-5,12-14H2,1H3,(H,25,30). The van der Waals surface area contributed by atoms with E-state index in [0.717, 1.165) is 4.57 Å². The smallest absolute Gasteiger partial charge is 0.296 e. The maximum Gasteiger partial charge on any atom is 0.296 e. The van der Waals surface area contributed by atoms with Crippen LogP contribution in [0, 0.1) is 5.82 Å². The molecular weight excluding hydrogens is 463 g/mol. The van der Waals surface area contributed by atoms with Crippen molar-refractivity contribution in [2.24, 2.45) is 7.05 Å². The van der Waals surface area contributed by atoms with E-state index < -0.39 is 38.8 Å². The number of hydrogen-bond donors (Lipinski definition) is 2. The van der Waals surface area contributed by atoms with Gasteiger partial charge in [-0.25, -0.2) is 17.8 Å². The molecule has 0 atom stereocenters. The first-order valence-electron chi connectivity index (χ1n) is 10.6. The zero-order valence-corrected chi connectivity index (χ0v) is 19.2. The number of rotatable bonds is 5. The maximum atomic E-state index is 13.1. The number of carbonyl (C=O) groups is 1. The molecule has 0 unspecified atom stereocenters. The van der Waals surface area contributed by atoms with Crippen molar-refractivity contribution in [2.45, 2.75) is 19.4 Å². The molecule has 9 nitrogen and oxygen atoms in total. The number of sulfonamides is 1. The minimum Gasteiger partial charge on any atom is -0.501 e. The number of hydrogen-bond acceptors (Lipinski definition) is 6. The van der Waals surface area contributed by atoms with Crippen molar-refractivity contribution in [1.82, 2.24) is 14.9 Å². The summed E-state index contributed by atoms with van der Waals surface area (Å²) in [5.41, 5.74) is -0.0584. The quantitative estimate of drug-likeness (QED) is 0.570. The van der Waals surface area contributed by atoms with Crippen LogP contribution in [-0.2, 0) is 23.6 Å². The fourth-order valence-electron chi connectivity index (χ4n) is 3.80. The third-order valence-electron chi connectivity index (χ3n) is 5.61. The van der Waals surface area contributed by atoms with Crippen molar-refractivity contribution in [3.63, 3.8) is 0 Å². The molecule has 1 fully saturated rings. The van der Waals surface area contributed by atoms with Crippen molar-refractivity contribution in [3.8, 4) is 17.1 Å². The zero-order valence-electron chi connectivity index (χ0n) is 18.4. The summed E-state index contributed by atoms with van der Waals surface area (Å²) in [6, 6.07) is 12.1. The molecule has 2 heterocycles. The van der Waals surface area contributed by atoms with E-state index >= 15 is 0 Å². The number of benzene rings is 2. The summed E-state index contributed by atoms with van der Waals surface area (Å²) in [6.07, 6.45) is 1.25. The molecule has 11 heteroatoms.